The van der Waals surface area contributed by atoms with Gasteiger partial charge in [0.1, 0.15) is 0 Å². The van der Waals surface area contributed by atoms with Crippen molar-refractivity contribution in [3.8, 4) is 0 Å². The molecule has 1 saturated carbocycles. The number of rotatable bonds is 4. The van der Waals surface area contributed by atoms with Gasteiger partial charge in [-0.05, 0) is 32.3 Å². The highest BCUT2D eigenvalue weighted by Crippen LogP contribution is 2.39. The van der Waals surface area contributed by atoms with Gasteiger partial charge in [-0.2, -0.15) is 5.10 Å². The number of aliphatic hydroxyl groups excluding tert-OH is 1. The van der Waals surface area contributed by atoms with Crippen LogP contribution in [0.5, 0.6) is 0 Å². The highest BCUT2D eigenvalue weighted by molar-refractivity contribution is 5.12. The normalized spacial score (nSPS) is 20.5. The quantitative estimate of drug-likeness (QED) is 0.836. The minimum Gasteiger partial charge on any atom is -0.390 e. The number of hydrogen-bond acceptors (Lipinski definition) is 3. The summed E-state index contributed by atoms with van der Waals surface area (Å²) in [6.07, 6.45) is 3.25. The Kier molecular flexibility index (Phi) is 3.04. The van der Waals surface area contributed by atoms with Gasteiger partial charge >= 0.3 is 0 Å². The minimum absolute atomic E-state index is 0.307. The molecule has 0 radical (unpaired) electrons. The Morgan fingerprint density at radius 3 is 2.69 bits per heavy atom. The van der Waals surface area contributed by atoms with Gasteiger partial charge in [0.2, 0.25) is 0 Å². The zero-order valence-electron chi connectivity index (χ0n) is 10.2. The van der Waals surface area contributed by atoms with Crippen LogP contribution in [0.3, 0.4) is 0 Å². The van der Waals surface area contributed by atoms with Crippen LogP contribution >= 0.6 is 0 Å². The van der Waals surface area contributed by atoms with Crippen molar-refractivity contribution < 1.29 is 9.84 Å². The second-order valence-corrected chi connectivity index (χ2v) is 4.74. The topological polar surface area (TPSA) is 47.3 Å². The van der Waals surface area contributed by atoms with Crippen LogP contribution in [0, 0.1) is 6.92 Å². The van der Waals surface area contributed by atoms with E-state index >= 15 is 0 Å². The second-order valence-electron chi connectivity index (χ2n) is 4.74. The van der Waals surface area contributed by atoms with Crippen molar-refractivity contribution in [2.45, 2.75) is 44.3 Å². The average molecular weight is 224 g/mol. The first-order chi connectivity index (χ1) is 7.57. The molecule has 1 N–H and O–H groups in total. The van der Waals surface area contributed by atoms with E-state index in [0.717, 1.165) is 30.7 Å². The molecule has 1 aliphatic rings. The van der Waals surface area contributed by atoms with Crippen molar-refractivity contribution in [3.05, 3.63) is 17.5 Å². The van der Waals surface area contributed by atoms with Gasteiger partial charge in [-0.15, -0.1) is 0 Å². The van der Waals surface area contributed by atoms with E-state index in [2.05, 4.69) is 5.10 Å². The third-order valence-corrected chi connectivity index (χ3v) is 3.72. The van der Waals surface area contributed by atoms with Crippen LogP contribution in [0.25, 0.3) is 0 Å². The molecule has 1 aliphatic carbocycles. The zero-order valence-corrected chi connectivity index (χ0v) is 10.2. The molecule has 2 rings (SSSR count). The van der Waals surface area contributed by atoms with Crippen molar-refractivity contribution in [1.82, 2.24) is 9.78 Å². The number of aromatic nitrogens is 2. The Labute approximate surface area is 96.2 Å². The Morgan fingerprint density at radius 2 is 2.31 bits per heavy atom. The van der Waals surface area contributed by atoms with E-state index in [0.29, 0.717) is 6.42 Å². The summed E-state index contributed by atoms with van der Waals surface area (Å²) in [5.74, 6) is 0. The largest absolute Gasteiger partial charge is 0.390 e. The Balaban J connectivity index is 2.07. The molecule has 1 aromatic heterocycles. The first-order valence-corrected chi connectivity index (χ1v) is 5.80. The van der Waals surface area contributed by atoms with Crippen LogP contribution in [-0.2, 0) is 18.2 Å². The van der Waals surface area contributed by atoms with Gasteiger partial charge in [0.25, 0.3) is 0 Å². The molecule has 90 valence electrons. The van der Waals surface area contributed by atoms with E-state index in [9.17, 15) is 5.11 Å². The summed E-state index contributed by atoms with van der Waals surface area (Å²) < 4.78 is 7.31. The summed E-state index contributed by atoms with van der Waals surface area (Å²) in [5.41, 5.74) is 1.75. The average Bonchev–Trinajstić information content (AvgIpc) is 2.44. The summed E-state index contributed by atoms with van der Waals surface area (Å²) in [6, 6.07) is 2.02. The van der Waals surface area contributed by atoms with Crippen molar-refractivity contribution in [1.29, 1.82) is 0 Å². The molecule has 0 amide bonds. The van der Waals surface area contributed by atoms with Gasteiger partial charge in [-0.25, -0.2) is 0 Å². The lowest BCUT2D eigenvalue weighted by Crippen LogP contribution is -2.51. The predicted octanol–water partition coefficient (Wildman–Crippen LogP) is 1.20. The molecule has 1 aromatic rings. The van der Waals surface area contributed by atoms with Gasteiger partial charge in [-0.1, -0.05) is 0 Å². The molecule has 1 unspecified atom stereocenters. The highest BCUT2D eigenvalue weighted by atomic mass is 16.5. The molecule has 0 bridgehead atoms. The fraction of sp³-hybridized carbons (Fsp3) is 0.750. The van der Waals surface area contributed by atoms with E-state index in [4.69, 9.17) is 4.74 Å². The van der Waals surface area contributed by atoms with Crippen molar-refractivity contribution in [2.75, 3.05) is 7.11 Å². The van der Waals surface area contributed by atoms with Crippen molar-refractivity contribution in [2.24, 2.45) is 7.05 Å². The van der Waals surface area contributed by atoms with Crippen LogP contribution in [0.1, 0.15) is 30.7 Å². The first kappa shape index (κ1) is 11.6. The molecule has 1 atom stereocenters. The van der Waals surface area contributed by atoms with Gasteiger partial charge in [0, 0.05) is 26.3 Å². The third kappa shape index (κ3) is 1.87. The Bertz CT molecular complexity index is 364. The molecular formula is C12H20N2O2. The third-order valence-electron chi connectivity index (χ3n) is 3.72. The van der Waals surface area contributed by atoms with E-state index < -0.39 is 6.10 Å². The van der Waals surface area contributed by atoms with Crippen LogP contribution in [0.4, 0.5) is 0 Å². The Hall–Kier alpha value is -0.870. The molecule has 0 aromatic carbocycles. The number of aryl methyl sites for hydroxylation is 2. The summed E-state index contributed by atoms with van der Waals surface area (Å²) in [7, 11) is 3.60. The van der Waals surface area contributed by atoms with Crippen LogP contribution in [-0.4, -0.2) is 33.7 Å². The van der Waals surface area contributed by atoms with E-state index in [1.807, 2.05) is 24.7 Å². The number of hydrogen-bond donors (Lipinski definition) is 1. The number of methoxy groups -OCH3 is 1. The maximum absolute atomic E-state index is 10.2. The summed E-state index contributed by atoms with van der Waals surface area (Å²) >= 11 is 0. The molecule has 0 aliphatic heterocycles. The van der Waals surface area contributed by atoms with Gasteiger partial charge in [0.15, 0.2) is 0 Å². The smallest absolute Gasteiger partial charge is 0.0940 e. The molecule has 4 heteroatoms. The van der Waals surface area contributed by atoms with Crippen LogP contribution < -0.4 is 0 Å². The van der Waals surface area contributed by atoms with Crippen LogP contribution in [0.2, 0.25) is 0 Å². The zero-order chi connectivity index (χ0) is 11.8. The molecule has 1 heterocycles. The fourth-order valence-corrected chi connectivity index (χ4v) is 2.44. The van der Waals surface area contributed by atoms with E-state index in [-0.39, 0.29) is 5.60 Å². The van der Waals surface area contributed by atoms with Crippen molar-refractivity contribution >= 4 is 0 Å². The summed E-state index contributed by atoms with van der Waals surface area (Å²) in [6.45, 7) is 1.96. The molecule has 4 nitrogen and oxygen atoms in total. The number of ether oxygens (including phenoxy) is 1. The fourth-order valence-electron chi connectivity index (χ4n) is 2.44. The second kappa shape index (κ2) is 4.18. The lowest BCUT2D eigenvalue weighted by Gasteiger charge is -2.44. The summed E-state index contributed by atoms with van der Waals surface area (Å²) in [5, 5.41) is 14.5. The standard InChI is InChI=1S/C12H20N2O2/c1-9-7-10(14(2)13-9)8-11(15)12(16-3)5-4-6-12/h7,11,15H,4-6,8H2,1-3H3. The molecule has 16 heavy (non-hydrogen) atoms. The SMILES string of the molecule is COC1(C(O)Cc2cc(C)nn2C)CCC1. The van der Waals surface area contributed by atoms with Crippen LogP contribution in [0.15, 0.2) is 6.07 Å². The monoisotopic (exact) mass is 224 g/mol. The number of aliphatic hydroxyl groups is 1. The molecule has 1 fully saturated rings. The van der Waals surface area contributed by atoms with Gasteiger partial charge < -0.3 is 9.84 Å². The lowest BCUT2D eigenvalue weighted by atomic mass is 9.74. The van der Waals surface area contributed by atoms with E-state index in [1.165, 1.54) is 0 Å². The highest BCUT2D eigenvalue weighted by Gasteiger charge is 2.43. The molecule has 0 saturated heterocycles. The lowest BCUT2D eigenvalue weighted by molar-refractivity contribution is -0.149. The molecular weight excluding hydrogens is 204 g/mol. The Morgan fingerprint density at radius 1 is 1.62 bits per heavy atom. The first-order valence-electron chi connectivity index (χ1n) is 5.80. The number of nitrogens with zero attached hydrogens (tertiary/aromatic N) is 2. The predicted molar refractivity (Wildman–Crippen MR) is 61.2 cm³/mol. The molecule has 0 spiro atoms. The van der Waals surface area contributed by atoms with E-state index in [1.54, 1.807) is 7.11 Å². The summed E-state index contributed by atoms with van der Waals surface area (Å²) in [4.78, 5) is 0. The minimum atomic E-state index is -0.430. The van der Waals surface area contributed by atoms with Gasteiger partial charge in [0.05, 0.1) is 17.4 Å². The van der Waals surface area contributed by atoms with Crippen molar-refractivity contribution in [3.63, 3.8) is 0 Å². The maximum Gasteiger partial charge on any atom is 0.0940 e. The van der Waals surface area contributed by atoms with Gasteiger partial charge in [-0.3, -0.25) is 4.68 Å². The maximum atomic E-state index is 10.2.